The summed E-state index contributed by atoms with van der Waals surface area (Å²) >= 11 is 0. The Labute approximate surface area is 321 Å². The van der Waals surface area contributed by atoms with Crippen molar-refractivity contribution in [1.82, 2.24) is 24.3 Å². The van der Waals surface area contributed by atoms with Crippen LogP contribution in [0.2, 0.25) is 0 Å². The number of aryl methyl sites for hydroxylation is 1. The number of alkyl halides is 3. The van der Waals surface area contributed by atoms with Crippen LogP contribution in [0.4, 0.5) is 17.6 Å². The largest absolute Gasteiger partial charge is 0.492 e. The molecule has 298 valence electrons. The van der Waals surface area contributed by atoms with E-state index in [2.05, 4.69) is 32.3 Å². The molecule has 0 unspecified atom stereocenters. The third kappa shape index (κ3) is 10.0. The molecule has 1 aromatic heterocycles. The molecule has 0 aliphatic carbocycles. The van der Waals surface area contributed by atoms with Gasteiger partial charge in [0.1, 0.15) is 60.0 Å². The number of aromatic nitrogens is 2. The summed E-state index contributed by atoms with van der Waals surface area (Å²) in [6.45, 7) is 13.2. The Morgan fingerprint density at radius 3 is 1.78 bits per heavy atom. The molecule has 0 atom stereocenters. The summed E-state index contributed by atoms with van der Waals surface area (Å²) in [6.07, 6.45) is 4.19. The Morgan fingerprint density at radius 1 is 0.636 bits per heavy atom. The van der Waals surface area contributed by atoms with Crippen LogP contribution in [0.5, 0.6) is 28.7 Å². The zero-order valence-corrected chi connectivity index (χ0v) is 31.8. The fourth-order valence-electron chi connectivity index (χ4n) is 7.78. The molecule has 13 heteroatoms. The summed E-state index contributed by atoms with van der Waals surface area (Å²) < 4.78 is 82.1. The van der Waals surface area contributed by atoms with E-state index in [1.807, 2.05) is 12.1 Å². The zero-order valence-electron chi connectivity index (χ0n) is 31.8. The molecule has 55 heavy (non-hydrogen) atoms. The van der Waals surface area contributed by atoms with Gasteiger partial charge in [0.25, 0.3) is 0 Å². The molecule has 9 nitrogen and oxygen atoms in total. The minimum absolute atomic E-state index is 0.132. The van der Waals surface area contributed by atoms with Crippen LogP contribution in [0.3, 0.4) is 0 Å². The number of ether oxygens (including phenoxy) is 4. The first-order chi connectivity index (χ1) is 26.7. The van der Waals surface area contributed by atoms with Gasteiger partial charge in [0.15, 0.2) is 5.75 Å². The molecular formula is C42H53F4N5O4. The zero-order chi connectivity index (χ0) is 38.2. The smallest absolute Gasteiger partial charge is 0.419 e. The molecule has 0 spiro atoms. The Kier molecular flexibility index (Phi) is 13.0. The molecule has 3 aliphatic heterocycles. The lowest BCUT2D eigenvalue weighted by molar-refractivity contribution is -0.140. The lowest BCUT2D eigenvalue weighted by atomic mass is 10.1. The highest BCUT2D eigenvalue weighted by Crippen LogP contribution is 2.41. The van der Waals surface area contributed by atoms with Gasteiger partial charge in [-0.25, -0.2) is 9.37 Å². The molecule has 0 radical (unpaired) electrons. The van der Waals surface area contributed by atoms with Gasteiger partial charge < -0.3 is 23.5 Å². The van der Waals surface area contributed by atoms with Crippen molar-refractivity contribution >= 4 is 11.0 Å². The van der Waals surface area contributed by atoms with Gasteiger partial charge in [-0.15, -0.1) is 0 Å². The fraction of sp³-hybridized carbons (Fsp3) is 0.548. The van der Waals surface area contributed by atoms with Crippen molar-refractivity contribution < 1.29 is 36.5 Å². The molecular weight excluding hydrogens is 714 g/mol. The first-order valence-electron chi connectivity index (χ1n) is 20.0. The predicted molar refractivity (Wildman–Crippen MR) is 205 cm³/mol. The van der Waals surface area contributed by atoms with Crippen molar-refractivity contribution in [3.05, 3.63) is 59.9 Å². The van der Waals surface area contributed by atoms with Gasteiger partial charge in [-0.3, -0.25) is 14.7 Å². The highest BCUT2D eigenvalue weighted by atomic mass is 19.4. The number of likely N-dealkylation sites (tertiary alicyclic amines) is 3. The summed E-state index contributed by atoms with van der Waals surface area (Å²) in [5, 5.41) is 0. The summed E-state index contributed by atoms with van der Waals surface area (Å²) in [7, 11) is 0. The number of unbranched alkanes of at least 4 members (excludes halogenated alkanes) is 1. The average Bonchev–Trinajstić information content (AvgIpc) is 4.01. The van der Waals surface area contributed by atoms with Gasteiger partial charge in [-0.05, 0) is 115 Å². The van der Waals surface area contributed by atoms with Crippen molar-refractivity contribution in [1.29, 1.82) is 0 Å². The van der Waals surface area contributed by atoms with Crippen molar-refractivity contribution in [2.75, 3.05) is 78.7 Å². The van der Waals surface area contributed by atoms with Crippen molar-refractivity contribution in [2.45, 2.75) is 71.0 Å². The predicted octanol–water partition coefficient (Wildman–Crippen LogP) is 8.88. The second-order valence-corrected chi connectivity index (χ2v) is 14.8. The van der Waals surface area contributed by atoms with Gasteiger partial charge in [0.2, 0.25) is 0 Å². The minimum atomic E-state index is -4.86. The molecule has 3 aromatic carbocycles. The molecule has 3 aliphatic rings. The lowest BCUT2D eigenvalue weighted by Gasteiger charge is -2.18. The van der Waals surface area contributed by atoms with Crippen molar-refractivity contribution in [2.24, 2.45) is 0 Å². The maximum Gasteiger partial charge on any atom is 0.419 e. The van der Waals surface area contributed by atoms with Gasteiger partial charge in [0, 0.05) is 44.4 Å². The van der Waals surface area contributed by atoms with Crippen LogP contribution in [0.1, 0.15) is 63.9 Å². The van der Waals surface area contributed by atoms with Crippen LogP contribution in [0.15, 0.2) is 48.5 Å². The molecule has 3 saturated heterocycles. The quantitative estimate of drug-likeness (QED) is 0.0932. The van der Waals surface area contributed by atoms with E-state index in [-0.39, 0.29) is 11.5 Å². The number of benzene rings is 3. The Bertz CT molecular complexity index is 1870. The molecule has 0 saturated carbocycles. The van der Waals surface area contributed by atoms with E-state index in [4.69, 9.17) is 23.9 Å². The number of nitrogens with zero attached hydrogens (tertiary/aromatic N) is 5. The molecule has 4 aromatic rings. The van der Waals surface area contributed by atoms with Crippen molar-refractivity contribution in [3.63, 3.8) is 0 Å². The van der Waals surface area contributed by atoms with Crippen molar-refractivity contribution in [3.8, 4) is 40.1 Å². The minimum Gasteiger partial charge on any atom is -0.492 e. The van der Waals surface area contributed by atoms with E-state index in [0.29, 0.717) is 49.8 Å². The van der Waals surface area contributed by atoms with Crippen LogP contribution < -0.4 is 18.9 Å². The number of hydrogen-bond donors (Lipinski definition) is 0. The van der Waals surface area contributed by atoms with Gasteiger partial charge in [0.05, 0.1) is 16.6 Å². The number of hydrogen-bond acceptors (Lipinski definition) is 8. The monoisotopic (exact) mass is 767 g/mol. The van der Waals surface area contributed by atoms with Crippen LogP contribution in [-0.2, 0) is 12.7 Å². The van der Waals surface area contributed by atoms with Crippen LogP contribution in [0.25, 0.3) is 22.4 Å². The third-order valence-electron chi connectivity index (χ3n) is 10.8. The maximum absolute atomic E-state index is 14.1. The summed E-state index contributed by atoms with van der Waals surface area (Å²) in [6, 6.07) is 11.8. The normalized spacial score (nSPS) is 17.1. The topological polar surface area (TPSA) is 64.5 Å². The number of fused-ring (bicyclic) bond motifs is 1. The van der Waals surface area contributed by atoms with E-state index in [1.165, 1.54) is 31.7 Å². The molecule has 7 rings (SSSR count). The highest BCUT2D eigenvalue weighted by Gasteiger charge is 2.34. The summed E-state index contributed by atoms with van der Waals surface area (Å²) in [5.74, 6) is 1.34. The first kappa shape index (κ1) is 39.2. The average molecular weight is 768 g/mol. The lowest BCUT2D eigenvalue weighted by Crippen LogP contribution is -2.25. The van der Waals surface area contributed by atoms with E-state index in [9.17, 15) is 17.6 Å². The summed E-state index contributed by atoms with van der Waals surface area (Å²) in [4.78, 5) is 12.4. The van der Waals surface area contributed by atoms with E-state index >= 15 is 0 Å². The molecule has 3 fully saturated rings. The third-order valence-corrected chi connectivity index (χ3v) is 10.8. The Balaban J connectivity index is 1.24. The molecule has 0 amide bonds. The summed E-state index contributed by atoms with van der Waals surface area (Å²) in [5.41, 5.74) is 0.961. The number of rotatable bonds is 18. The second kappa shape index (κ2) is 18.3. The second-order valence-electron chi connectivity index (χ2n) is 14.8. The maximum atomic E-state index is 14.1. The molecule has 0 bridgehead atoms. The van der Waals surface area contributed by atoms with Gasteiger partial charge in [-0.1, -0.05) is 13.3 Å². The molecule has 4 heterocycles. The highest BCUT2D eigenvalue weighted by molar-refractivity contribution is 5.88. The van der Waals surface area contributed by atoms with Crippen LogP contribution >= 0.6 is 0 Å². The van der Waals surface area contributed by atoms with Crippen LogP contribution in [0, 0.1) is 5.82 Å². The van der Waals surface area contributed by atoms with Gasteiger partial charge >= 0.3 is 6.18 Å². The SMILES string of the molecule is CCCCn1c(-c2ccc(Oc3ccc(F)c(C(F)(F)F)c3)cc2OCCN2CCCC2)nc2c(OCCN3CCCC3)cc(OCCN3CCCC3)cc21. The molecule has 0 N–H and O–H groups in total. The number of halogens is 4. The van der Waals surface area contributed by atoms with E-state index in [0.717, 1.165) is 113 Å². The Morgan fingerprint density at radius 2 is 1.18 bits per heavy atom. The first-order valence-corrected chi connectivity index (χ1v) is 20.0. The Hall–Kier alpha value is -4.07. The van der Waals surface area contributed by atoms with E-state index < -0.39 is 17.6 Å². The standard InChI is InChI=1S/C42H53F4N5O4/c1-2-3-20-51-37-28-33(52-24-21-48-14-4-5-15-48)30-39(54-26-23-50-18-8-9-19-50)40(37)47-41(51)34-12-10-32(29-38(34)53-25-22-49-16-6-7-17-49)55-31-11-13-36(43)35(27-31)42(44,45)46/h10-13,27-30H,2-9,14-26H2,1H3. The van der Waals surface area contributed by atoms with E-state index in [1.54, 1.807) is 12.1 Å². The van der Waals surface area contributed by atoms with Crippen LogP contribution in [-0.4, -0.2) is 103 Å². The number of imidazole rings is 1. The van der Waals surface area contributed by atoms with Gasteiger partial charge in [-0.2, -0.15) is 13.2 Å². The fourth-order valence-corrected chi connectivity index (χ4v) is 7.78.